The summed E-state index contributed by atoms with van der Waals surface area (Å²) in [6.07, 6.45) is -10.3. The van der Waals surface area contributed by atoms with Crippen LogP contribution in [0.25, 0.3) is 0 Å². The van der Waals surface area contributed by atoms with Gasteiger partial charge in [-0.1, -0.05) is 0 Å². The van der Waals surface area contributed by atoms with Crippen LogP contribution in [-0.4, -0.2) is 120 Å². The number of rotatable bonds is 9. The van der Waals surface area contributed by atoms with Crippen LogP contribution in [0.4, 0.5) is 0 Å². The Morgan fingerprint density at radius 3 is 2.09 bits per heavy atom. The summed E-state index contributed by atoms with van der Waals surface area (Å²) in [4.78, 5) is 0. The molecule has 2 fully saturated rings. The predicted molar refractivity (Wildman–Crippen MR) is 107 cm³/mol. The first-order valence-electron chi connectivity index (χ1n) is 10.1. The van der Waals surface area contributed by atoms with Gasteiger partial charge in [-0.25, -0.2) is 0 Å². The van der Waals surface area contributed by atoms with Gasteiger partial charge in [0.2, 0.25) is 12.0 Å². The average Bonchev–Trinajstić information content (AvgIpc) is 3.11. The molecule has 0 radical (unpaired) electrons. The molecule has 2 aliphatic heterocycles. The lowest BCUT2D eigenvalue weighted by molar-refractivity contribution is -0.289. The van der Waals surface area contributed by atoms with Crippen LogP contribution in [0, 0.1) is 0 Å². The fraction of sp³-hybridized carbons (Fsp3) is 0.700. The molecule has 2 heterocycles. The first-order chi connectivity index (χ1) is 15.7. The standard InChI is InChI=1S/C20H30O13/c1-27-10-4-9(5-11(28-2)16(10)29-3)32-18-15(24)14(23)13(22)12(33-18)6-30-19-17(25)20(26,7-21)8-31-19/h4-5,12-15,17-19,21-26H,6-8H2,1-3H3. The molecule has 2 aliphatic rings. The van der Waals surface area contributed by atoms with Crippen molar-refractivity contribution in [1.29, 1.82) is 0 Å². The van der Waals surface area contributed by atoms with E-state index in [1.165, 1.54) is 33.5 Å². The molecule has 0 amide bonds. The lowest BCUT2D eigenvalue weighted by Gasteiger charge is -2.40. The summed E-state index contributed by atoms with van der Waals surface area (Å²) in [5.74, 6) is 1.03. The van der Waals surface area contributed by atoms with E-state index in [0.717, 1.165) is 0 Å². The van der Waals surface area contributed by atoms with E-state index in [2.05, 4.69) is 0 Å². The molecule has 1 aromatic carbocycles. The van der Waals surface area contributed by atoms with Crippen LogP contribution >= 0.6 is 0 Å². The molecule has 1 aromatic rings. The fourth-order valence-electron chi connectivity index (χ4n) is 3.54. The second kappa shape index (κ2) is 10.5. The molecule has 0 saturated carbocycles. The maximum atomic E-state index is 10.3. The van der Waals surface area contributed by atoms with Crippen LogP contribution in [-0.2, 0) is 14.2 Å². The van der Waals surface area contributed by atoms with Gasteiger partial charge >= 0.3 is 0 Å². The molecule has 8 unspecified atom stereocenters. The molecule has 6 N–H and O–H groups in total. The van der Waals surface area contributed by atoms with Gasteiger partial charge in [0.15, 0.2) is 17.8 Å². The van der Waals surface area contributed by atoms with Crippen molar-refractivity contribution in [3.05, 3.63) is 12.1 Å². The monoisotopic (exact) mass is 478 g/mol. The molecule has 13 nitrogen and oxygen atoms in total. The van der Waals surface area contributed by atoms with Crippen molar-refractivity contribution in [3.63, 3.8) is 0 Å². The zero-order chi connectivity index (χ0) is 24.3. The van der Waals surface area contributed by atoms with Crippen LogP contribution in [0.2, 0.25) is 0 Å². The fourth-order valence-corrected chi connectivity index (χ4v) is 3.54. The van der Waals surface area contributed by atoms with Crippen molar-refractivity contribution >= 4 is 0 Å². The van der Waals surface area contributed by atoms with E-state index in [1.807, 2.05) is 0 Å². The largest absolute Gasteiger partial charge is 0.493 e. The average molecular weight is 478 g/mol. The Hall–Kier alpha value is -1.94. The molecule has 3 rings (SSSR count). The quantitative estimate of drug-likeness (QED) is 0.216. The summed E-state index contributed by atoms with van der Waals surface area (Å²) in [7, 11) is 4.26. The zero-order valence-electron chi connectivity index (χ0n) is 18.4. The van der Waals surface area contributed by atoms with Gasteiger partial charge in [-0.2, -0.15) is 0 Å². The molecule has 33 heavy (non-hydrogen) atoms. The minimum atomic E-state index is -1.88. The maximum Gasteiger partial charge on any atom is 0.229 e. The van der Waals surface area contributed by atoms with Gasteiger partial charge < -0.3 is 63.8 Å². The number of aliphatic hydroxyl groups excluding tert-OH is 5. The number of hydrogen-bond donors (Lipinski definition) is 6. The Balaban J connectivity index is 1.71. The van der Waals surface area contributed by atoms with E-state index >= 15 is 0 Å². The number of aliphatic hydroxyl groups is 6. The SMILES string of the molecule is COc1cc(OC2OC(COC3OCC(O)(CO)C3O)C(O)C(O)C2O)cc(OC)c1OC. The van der Waals surface area contributed by atoms with Crippen LogP contribution in [0.5, 0.6) is 23.0 Å². The van der Waals surface area contributed by atoms with Crippen molar-refractivity contribution in [3.8, 4) is 23.0 Å². The summed E-state index contributed by atoms with van der Waals surface area (Å²) >= 11 is 0. The normalized spacial score (nSPS) is 36.5. The summed E-state index contributed by atoms with van der Waals surface area (Å²) in [6.45, 7) is -1.51. The first kappa shape index (κ1) is 25.7. The molecule has 13 heteroatoms. The summed E-state index contributed by atoms with van der Waals surface area (Å²) in [6, 6.07) is 2.91. The predicted octanol–water partition coefficient (Wildman–Crippen LogP) is -2.64. The highest BCUT2D eigenvalue weighted by atomic mass is 16.7. The number of hydrogen-bond acceptors (Lipinski definition) is 13. The third-order valence-electron chi connectivity index (χ3n) is 5.56. The smallest absolute Gasteiger partial charge is 0.229 e. The Morgan fingerprint density at radius 2 is 1.58 bits per heavy atom. The Morgan fingerprint density at radius 1 is 0.939 bits per heavy atom. The second-order valence-electron chi connectivity index (χ2n) is 7.71. The Bertz CT molecular complexity index is 766. The van der Waals surface area contributed by atoms with Crippen molar-refractivity contribution in [2.75, 3.05) is 41.2 Å². The van der Waals surface area contributed by atoms with Crippen molar-refractivity contribution in [2.45, 2.75) is 48.7 Å². The van der Waals surface area contributed by atoms with Gasteiger partial charge in [0.05, 0.1) is 41.2 Å². The highest BCUT2D eigenvalue weighted by Gasteiger charge is 2.50. The summed E-state index contributed by atoms with van der Waals surface area (Å²) in [5.41, 5.74) is -1.88. The van der Waals surface area contributed by atoms with Gasteiger partial charge in [-0.15, -0.1) is 0 Å². The topological polar surface area (TPSA) is 186 Å². The molecule has 188 valence electrons. The lowest BCUT2D eigenvalue weighted by Crippen LogP contribution is -2.60. The third kappa shape index (κ3) is 5.11. The zero-order valence-corrected chi connectivity index (χ0v) is 18.4. The first-order valence-corrected chi connectivity index (χ1v) is 10.1. The summed E-state index contributed by atoms with van der Waals surface area (Å²) < 4.78 is 37.5. The van der Waals surface area contributed by atoms with Crippen LogP contribution in [0.1, 0.15) is 0 Å². The van der Waals surface area contributed by atoms with Crippen LogP contribution in [0.3, 0.4) is 0 Å². The van der Waals surface area contributed by atoms with Crippen LogP contribution < -0.4 is 18.9 Å². The molecule has 0 aromatic heterocycles. The molecular weight excluding hydrogens is 448 g/mol. The van der Waals surface area contributed by atoms with Gasteiger partial charge in [0.25, 0.3) is 0 Å². The van der Waals surface area contributed by atoms with Crippen LogP contribution in [0.15, 0.2) is 12.1 Å². The highest BCUT2D eigenvalue weighted by molar-refractivity contribution is 5.55. The van der Waals surface area contributed by atoms with Gasteiger partial charge in [-0.3, -0.25) is 0 Å². The van der Waals surface area contributed by atoms with E-state index in [-0.39, 0.29) is 23.9 Å². The number of ether oxygens (including phenoxy) is 7. The van der Waals surface area contributed by atoms with Gasteiger partial charge in [-0.05, 0) is 0 Å². The van der Waals surface area contributed by atoms with Crippen molar-refractivity contribution < 1.29 is 63.8 Å². The Labute approximate surface area is 189 Å². The van der Waals surface area contributed by atoms with E-state index in [9.17, 15) is 30.6 Å². The third-order valence-corrected chi connectivity index (χ3v) is 5.56. The molecule has 0 spiro atoms. The van der Waals surface area contributed by atoms with E-state index in [1.54, 1.807) is 0 Å². The highest BCUT2D eigenvalue weighted by Crippen LogP contribution is 2.41. The Kier molecular flexibility index (Phi) is 8.21. The van der Waals surface area contributed by atoms with Crippen molar-refractivity contribution in [1.82, 2.24) is 0 Å². The molecular formula is C20H30O13. The minimum Gasteiger partial charge on any atom is -0.493 e. The molecule has 2 saturated heterocycles. The molecule has 0 aliphatic carbocycles. The number of benzene rings is 1. The minimum absolute atomic E-state index is 0.152. The van der Waals surface area contributed by atoms with E-state index < -0.39 is 61.9 Å². The van der Waals surface area contributed by atoms with E-state index in [0.29, 0.717) is 5.75 Å². The van der Waals surface area contributed by atoms with Gasteiger partial charge in [0, 0.05) is 12.1 Å². The number of methoxy groups -OCH3 is 3. The van der Waals surface area contributed by atoms with E-state index in [4.69, 9.17) is 33.2 Å². The second-order valence-corrected chi connectivity index (χ2v) is 7.71. The molecule has 0 bridgehead atoms. The lowest BCUT2D eigenvalue weighted by atomic mass is 9.99. The van der Waals surface area contributed by atoms with Crippen molar-refractivity contribution in [2.24, 2.45) is 0 Å². The maximum absolute atomic E-state index is 10.3. The summed E-state index contributed by atoms with van der Waals surface area (Å²) in [5, 5.41) is 60.2. The van der Waals surface area contributed by atoms with Gasteiger partial charge in [0.1, 0.15) is 41.9 Å². The molecule has 8 atom stereocenters.